The number of nitrogens with one attached hydrogen (secondary N) is 1. The van der Waals surface area contributed by atoms with Crippen LogP contribution in [0.3, 0.4) is 0 Å². The van der Waals surface area contributed by atoms with E-state index in [0.29, 0.717) is 11.3 Å². The highest BCUT2D eigenvalue weighted by Gasteiger charge is 2.20. The zero-order valence-corrected chi connectivity index (χ0v) is 13.2. The largest absolute Gasteiger partial charge is 0.298 e. The molecule has 1 amide bonds. The molecule has 0 bridgehead atoms. The van der Waals surface area contributed by atoms with E-state index < -0.39 is 22.5 Å². The van der Waals surface area contributed by atoms with Crippen molar-refractivity contribution in [3.63, 3.8) is 0 Å². The number of benzene rings is 2. The fourth-order valence-electron chi connectivity index (χ4n) is 2.11. The summed E-state index contributed by atoms with van der Waals surface area (Å²) in [5, 5.41) is 15.2. The lowest BCUT2D eigenvalue weighted by molar-refractivity contribution is -0.385. The first-order valence-electron chi connectivity index (χ1n) is 6.91. The lowest BCUT2D eigenvalue weighted by Gasteiger charge is -2.02. The van der Waals surface area contributed by atoms with Crippen LogP contribution in [0, 0.1) is 21.7 Å². The van der Waals surface area contributed by atoms with E-state index in [4.69, 9.17) is 0 Å². The maximum absolute atomic E-state index is 13.3. The number of thiazole rings is 1. The molecule has 3 rings (SSSR count). The maximum atomic E-state index is 13.3. The third-order valence-corrected chi connectivity index (χ3v) is 4.04. The number of aromatic nitrogens is 1. The minimum Gasteiger partial charge on any atom is -0.298 e. The maximum Gasteiger partial charge on any atom is 0.282 e. The van der Waals surface area contributed by atoms with Gasteiger partial charge >= 0.3 is 0 Å². The second kappa shape index (κ2) is 6.73. The van der Waals surface area contributed by atoms with Crippen LogP contribution in [0.1, 0.15) is 10.4 Å². The predicted molar refractivity (Wildman–Crippen MR) is 88.5 cm³/mol. The highest BCUT2D eigenvalue weighted by molar-refractivity contribution is 7.14. The topological polar surface area (TPSA) is 85.1 Å². The summed E-state index contributed by atoms with van der Waals surface area (Å²) >= 11 is 1.06. The van der Waals surface area contributed by atoms with Crippen molar-refractivity contribution in [2.75, 3.05) is 5.32 Å². The van der Waals surface area contributed by atoms with Crippen molar-refractivity contribution in [1.82, 2.24) is 4.98 Å². The van der Waals surface area contributed by atoms with Crippen LogP contribution in [-0.4, -0.2) is 15.8 Å². The summed E-state index contributed by atoms with van der Waals surface area (Å²) in [5.41, 5.74) is 0.276. The van der Waals surface area contributed by atoms with Crippen LogP contribution in [0.4, 0.5) is 19.6 Å². The number of nitro groups is 1. The fraction of sp³-hybridized carbons (Fsp3) is 0. The Labute approximate surface area is 143 Å². The normalized spacial score (nSPS) is 10.5. The van der Waals surface area contributed by atoms with Crippen molar-refractivity contribution in [3.8, 4) is 11.3 Å². The first-order valence-corrected chi connectivity index (χ1v) is 7.79. The van der Waals surface area contributed by atoms with E-state index in [0.717, 1.165) is 23.5 Å². The van der Waals surface area contributed by atoms with Crippen LogP contribution in [0.15, 0.2) is 47.8 Å². The number of hydrogen-bond acceptors (Lipinski definition) is 5. The molecule has 0 atom stereocenters. The molecule has 0 aliphatic heterocycles. The SMILES string of the molecule is O=C(Nc1nc(-c2ccc(F)c(F)c2)cs1)c1ccccc1[N+](=O)[O-]. The third kappa shape index (κ3) is 3.50. The summed E-state index contributed by atoms with van der Waals surface area (Å²) in [6, 6.07) is 8.87. The van der Waals surface area contributed by atoms with E-state index in [9.17, 15) is 23.7 Å². The van der Waals surface area contributed by atoms with E-state index >= 15 is 0 Å². The number of para-hydroxylation sites is 1. The van der Waals surface area contributed by atoms with Gasteiger partial charge in [-0.2, -0.15) is 0 Å². The average molecular weight is 361 g/mol. The Bertz CT molecular complexity index is 975. The Morgan fingerprint density at radius 3 is 2.64 bits per heavy atom. The van der Waals surface area contributed by atoms with E-state index in [1.165, 1.54) is 30.3 Å². The number of amides is 1. The third-order valence-electron chi connectivity index (χ3n) is 3.29. The van der Waals surface area contributed by atoms with Crippen molar-refractivity contribution in [2.24, 2.45) is 0 Å². The Morgan fingerprint density at radius 1 is 1.16 bits per heavy atom. The molecule has 0 spiro atoms. The van der Waals surface area contributed by atoms with E-state index in [1.54, 1.807) is 5.38 Å². The molecule has 0 unspecified atom stereocenters. The molecule has 126 valence electrons. The van der Waals surface area contributed by atoms with Crippen LogP contribution in [0.25, 0.3) is 11.3 Å². The van der Waals surface area contributed by atoms with Crippen molar-refractivity contribution in [3.05, 3.63) is 75.2 Å². The number of hydrogen-bond donors (Lipinski definition) is 1. The minimum atomic E-state index is -1.00. The van der Waals surface area contributed by atoms with Gasteiger partial charge in [0.25, 0.3) is 11.6 Å². The monoisotopic (exact) mass is 361 g/mol. The lowest BCUT2D eigenvalue weighted by atomic mass is 10.1. The van der Waals surface area contributed by atoms with Gasteiger partial charge in [-0.3, -0.25) is 20.2 Å². The van der Waals surface area contributed by atoms with Gasteiger partial charge in [0.05, 0.1) is 10.6 Å². The number of nitrogens with zero attached hydrogens (tertiary/aromatic N) is 2. The zero-order chi connectivity index (χ0) is 18.0. The van der Waals surface area contributed by atoms with Crippen molar-refractivity contribution in [2.45, 2.75) is 0 Å². The quantitative estimate of drug-likeness (QED) is 0.556. The smallest absolute Gasteiger partial charge is 0.282 e. The van der Waals surface area contributed by atoms with Gasteiger partial charge in [-0.15, -0.1) is 11.3 Å². The molecule has 9 heteroatoms. The number of carbonyl (C=O) groups excluding carboxylic acids is 1. The molecule has 1 heterocycles. The molecule has 0 saturated carbocycles. The van der Waals surface area contributed by atoms with Gasteiger partial charge in [-0.05, 0) is 24.3 Å². The molecule has 1 aromatic heterocycles. The number of halogens is 2. The Kier molecular flexibility index (Phi) is 4.48. The highest BCUT2D eigenvalue weighted by Crippen LogP contribution is 2.27. The van der Waals surface area contributed by atoms with E-state index in [2.05, 4.69) is 10.3 Å². The molecular weight excluding hydrogens is 352 g/mol. The molecule has 3 aromatic rings. The van der Waals surface area contributed by atoms with Gasteiger partial charge in [-0.25, -0.2) is 13.8 Å². The number of anilines is 1. The molecule has 1 N–H and O–H groups in total. The molecule has 0 saturated heterocycles. The van der Waals surface area contributed by atoms with Crippen LogP contribution >= 0.6 is 11.3 Å². The molecule has 0 aliphatic rings. The minimum absolute atomic E-state index is 0.0999. The standard InChI is InChI=1S/C16H9F2N3O3S/c17-11-6-5-9(7-12(11)18)13-8-25-16(19-13)20-15(22)10-3-1-2-4-14(10)21(23)24/h1-8H,(H,19,20,22). The summed E-state index contributed by atoms with van der Waals surface area (Å²) in [4.78, 5) is 26.7. The van der Waals surface area contributed by atoms with Gasteiger partial charge in [0, 0.05) is 17.0 Å². The van der Waals surface area contributed by atoms with Crippen LogP contribution < -0.4 is 5.32 Å². The fourth-order valence-corrected chi connectivity index (χ4v) is 2.82. The summed E-state index contributed by atoms with van der Waals surface area (Å²) in [5.74, 6) is -2.65. The zero-order valence-electron chi connectivity index (χ0n) is 12.4. The van der Waals surface area contributed by atoms with E-state index in [1.807, 2.05) is 0 Å². The van der Waals surface area contributed by atoms with Crippen LogP contribution in [0.5, 0.6) is 0 Å². The molecule has 0 fully saturated rings. The van der Waals surface area contributed by atoms with Gasteiger partial charge in [0.1, 0.15) is 5.56 Å². The van der Waals surface area contributed by atoms with Gasteiger partial charge in [-0.1, -0.05) is 12.1 Å². The van der Waals surface area contributed by atoms with Gasteiger partial charge in [0.15, 0.2) is 16.8 Å². The second-order valence-corrected chi connectivity index (χ2v) is 5.75. The second-order valence-electron chi connectivity index (χ2n) is 4.90. The molecule has 2 aromatic carbocycles. The Hall–Kier alpha value is -3.20. The van der Waals surface area contributed by atoms with Crippen molar-refractivity contribution in [1.29, 1.82) is 0 Å². The van der Waals surface area contributed by atoms with Crippen molar-refractivity contribution < 1.29 is 18.5 Å². The number of rotatable bonds is 4. The van der Waals surface area contributed by atoms with E-state index in [-0.39, 0.29) is 16.4 Å². The Balaban J connectivity index is 1.83. The Morgan fingerprint density at radius 2 is 1.92 bits per heavy atom. The molecule has 25 heavy (non-hydrogen) atoms. The van der Waals surface area contributed by atoms with Crippen LogP contribution in [-0.2, 0) is 0 Å². The van der Waals surface area contributed by atoms with Crippen molar-refractivity contribution >= 4 is 28.1 Å². The molecule has 0 aliphatic carbocycles. The number of nitro benzene ring substituents is 1. The van der Waals surface area contributed by atoms with Gasteiger partial charge < -0.3 is 0 Å². The lowest BCUT2D eigenvalue weighted by Crippen LogP contribution is -2.13. The first kappa shape index (κ1) is 16.7. The van der Waals surface area contributed by atoms with Gasteiger partial charge in [0.2, 0.25) is 0 Å². The molecule has 6 nitrogen and oxygen atoms in total. The molecular formula is C16H9F2N3O3S. The highest BCUT2D eigenvalue weighted by atomic mass is 32.1. The summed E-state index contributed by atoms with van der Waals surface area (Å²) < 4.78 is 26.3. The average Bonchev–Trinajstić information content (AvgIpc) is 3.05. The number of carbonyl (C=O) groups is 1. The summed E-state index contributed by atoms with van der Waals surface area (Å²) in [7, 11) is 0. The van der Waals surface area contributed by atoms with Crippen LogP contribution in [0.2, 0.25) is 0 Å². The summed E-state index contributed by atoms with van der Waals surface area (Å²) in [6.45, 7) is 0. The molecule has 0 radical (unpaired) electrons. The predicted octanol–water partition coefficient (Wildman–Crippen LogP) is 4.25. The first-order chi connectivity index (χ1) is 12.0. The summed E-state index contributed by atoms with van der Waals surface area (Å²) in [6.07, 6.45) is 0.